The van der Waals surface area contributed by atoms with Crippen molar-refractivity contribution >= 4 is 29.5 Å². The summed E-state index contributed by atoms with van der Waals surface area (Å²) < 4.78 is 1.78. The van der Waals surface area contributed by atoms with Gasteiger partial charge in [0.2, 0.25) is 17.8 Å². The fraction of sp³-hybridized carbons (Fsp3) is 0.667. The Morgan fingerprint density at radius 2 is 2.00 bits per heavy atom. The van der Waals surface area contributed by atoms with Crippen molar-refractivity contribution in [3.63, 3.8) is 0 Å². The number of aromatic nitrogens is 3. The lowest BCUT2D eigenvalue weighted by Crippen LogP contribution is -2.33. The average Bonchev–Trinajstić information content (AvgIpc) is 3.06. The highest BCUT2D eigenvalue weighted by Gasteiger charge is 2.46. The van der Waals surface area contributed by atoms with E-state index in [0.717, 1.165) is 12.8 Å². The van der Waals surface area contributed by atoms with Gasteiger partial charge in [0.05, 0.1) is 0 Å². The van der Waals surface area contributed by atoms with E-state index in [0.29, 0.717) is 11.1 Å². The van der Waals surface area contributed by atoms with Crippen LogP contribution in [0.2, 0.25) is 0 Å². The molecule has 108 valence electrons. The second-order valence-corrected chi connectivity index (χ2v) is 6.62. The van der Waals surface area contributed by atoms with Gasteiger partial charge in [-0.15, -0.1) is 10.2 Å². The van der Waals surface area contributed by atoms with Crippen molar-refractivity contribution in [3.8, 4) is 0 Å². The maximum absolute atomic E-state index is 12.3. The summed E-state index contributed by atoms with van der Waals surface area (Å²) in [5.74, 6) is 0.163. The topological polar surface area (TPSA) is 94.1 Å². The predicted molar refractivity (Wildman–Crippen MR) is 74.0 cm³/mol. The highest BCUT2D eigenvalue weighted by Crippen LogP contribution is 2.37. The van der Waals surface area contributed by atoms with E-state index in [1.807, 2.05) is 13.8 Å². The monoisotopic (exact) mass is 295 g/mol. The minimum absolute atomic E-state index is 0.0708. The lowest BCUT2D eigenvalue weighted by molar-refractivity contribution is -0.138. The van der Waals surface area contributed by atoms with Crippen molar-refractivity contribution in [2.45, 2.75) is 55.6 Å². The van der Waals surface area contributed by atoms with E-state index in [2.05, 4.69) is 10.2 Å². The quantitative estimate of drug-likeness (QED) is 0.827. The van der Waals surface area contributed by atoms with Crippen LogP contribution in [0.5, 0.6) is 0 Å². The number of nitrogen functional groups attached to an aromatic ring is 1. The van der Waals surface area contributed by atoms with Gasteiger partial charge in [-0.2, -0.15) is 0 Å². The smallest absolute Gasteiger partial charge is 0.243 e. The normalized spacial score (nSPS) is 23.1. The molecule has 1 aliphatic heterocycles. The second kappa shape index (κ2) is 4.76. The Bertz CT molecular complexity index is 566. The fourth-order valence-corrected chi connectivity index (χ4v) is 3.61. The zero-order valence-electron chi connectivity index (χ0n) is 11.4. The Morgan fingerprint density at radius 1 is 1.30 bits per heavy atom. The lowest BCUT2D eigenvalue weighted by atomic mass is 10.4. The number of hydrogen-bond donors (Lipinski definition) is 1. The molecule has 7 nitrogen and oxygen atoms in total. The number of rotatable bonds is 4. The third kappa shape index (κ3) is 2.17. The molecule has 2 amide bonds. The SMILES string of the molecule is CC(C)n1c(N)nnc1SC1CC(=O)N(C2CC2)C1=O. The molecule has 2 fully saturated rings. The van der Waals surface area contributed by atoms with Crippen molar-refractivity contribution in [3.05, 3.63) is 0 Å². The van der Waals surface area contributed by atoms with Crippen LogP contribution in [0.15, 0.2) is 5.16 Å². The van der Waals surface area contributed by atoms with Crippen molar-refractivity contribution in [1.29, 1.82) is 0 Å². The summed E-state index contributed by atoms with van der Waals surface area (Å²) >= 11 is 1.29. The van der Waals surface area contributed by atoms with Crippen LogP contribution < -0.4 is 5.73 Å². The van der Waals surface area contributed by atoms with Crippen LogP contribution in [0.25, 0.3) is 0 Å². The summed E-state index contributed by atoms with van der Waals surface area (Å²) in [7, 11) is 0. The molecule has 0 spiro atoms. The molecule has 1 saturated carbocycles. The Kier molecular flexibility index (Phi) is 3.19. The zero-order chi connectivity index (χ0) is 14.4. The van der Waals surface area contributed by atoms with Crippen LogP contribution in [0.3, 0.4) is 0 Å². The summed E-state index contributed by atoms with van der Waals surface area (Å²) in [6, 6.07) is 0.243. The molecular weight excluding hydrogens is 278 g/mol. The van der Waals surface area contributed by atoms with Gasteiger partial charge in [-0.1, -0.05) is 11.8 Å². The third-order valence-corrected chi connectivity index (χ3v) is 4.65. The summed E-state index contributed by atoms with van der Waals surface area (Å²) in [6.07, 6.45) is 2.11. The molecule has 0 aromatic carbocycles. The Balaban J connectivity index is 1.79. The van der Waals surface area contributed by atoms with Crippen LogP contribution in [0.1, 0.15) is 39.2 Å². The van der Waals surface area contributed by atoms with Gasteiger partial charge in [0.25, 0.3) is 0 Å². The maximum atomic E-state index is 12.3. The molecule has 1 aromatic heterocycles. The van der Waals surface area contributed by atoms with Gasteiger partial charge in [0.15, 0.2) is 5.16 Å². The van der Waals surface area contributed by atoms with Gasteiger partial charge in [0.1, 0.15) is 5.25 Å². The molecule has 1 unspecified atom stereocenters. The lowest BCUT2D eigenvalue weighted by Gasteiger charge is -2.14. The van der Waals surface area contributed by atoms with E-state index in [-0.39, 0.29) is 30.3 Å². The van der Waals surface area contributed by atoms with Gasteiger partial charge in [-0.05, 0) is 26.7 Å². The molecular formula is C12H17N5O2S. The molecule has 8 heteroatoms. The first-order chi connectivity index (χ1) is 9.49. The zero-order valence-corrected chi connectivity index (χ0v) is 12.3. The van der Waals surface area contributed by atoms with Crippen LogP contribution in [-0.2, 0) is 9.59 Å². The Morgan fingerprint density at radius 3 is 2.60 bits per heavy atom. The molecule has 20 heavy (non-hydrogen) atoms. The minimum atomic E-state index is -0.399. The van der Waals surface area contributed by atoms with E-state index in [1.165, 1.54) is 16.7 Å². The largest absolute Gasteiger partial charge is 0.368 e. The molecule has 2 heterocycles. The van der Waals surface area contributed by atoms with Gasteiger partial charge in [0, 0.05) is 18.5 Å². The number of nitrogens with zero attached hydrogens (tertiary/aromatic N) is 4. The molecule has 0 radical (unpaired) electrons. The van der Waals surface area contributed by atoms with E-state index in [9.17, 15) is 9.59 Å². The summed E-state index contributed by atoms with van der Waals surface area (Å²) in [5.41, 5.74) is 5.78. The number of carbonyl (C=O) groups excluding carboxylic acids is 2. The number of carbonyl (C=O) groups is 2. The molecule has 2 N–H and O–H groups in total. The van der Waals surface area contributed by atoms with Gasteiger partial charge in [-0.3, -0.25) is 19.1 Å². The molecule has 0 bridgehead atoms. The van der Waals surface area contributed by atoms with Crippen molar-refractivity contribution in [1.82, 2.24) is 19.7 Å². The highest BCUT2D eigenvalue weighted by atomic mass is 32.2. The van der Waals surface area contributed by atoms with E-state index in [1.54, 1.807) is 4.57 Å². The number of hydrogen-bond acceptors (Lipinski definition) is 6. The number of imide groups is 1. The molecule has 1 aromatic rings. The predicted octanol–water partition coefficient (Wildman–Crippen LogP) is 0.823. The van der Waals surface area contributed by atoms with Crippen molar-refractivity contribution in [2.75, 3.05) is 5.73 Å². The van der Waals surface area contributed by atoms with E-state index in [4.69, 9.17) is 5.73 Å². The molecule has 1 atom stereocenters. The number of thioether (sulfide) groups is 1. The van der Waals surface area contributed by atoms with E-state index >= 15 is 0 Å². The highest BCUT2D eigenvalue weighted by molar-refractivity contribution is 8.00. The molecule has 1 aliphatic carbocycles. The van der Waals surface area contributed by atoms with Crippen molar-refractivity contribution < 1.29 is 9.59 Å². The number of likely N-dealkylation sites (tertiary alicyclic amines) is 1. The standard InChI is InChI=1S/C12H17N5O2S/c1-6(2)16-11(13)14-15-12(16)20-8-5-9(18)17(10(8)19)7-3-4-7/h6-8H,3-5H2,1-2H3,(H2,13,14). The third-order valence-electron chi connectivity index (χ3n) is 3.51. The average molecular weight is 295 g/mol. The first-order valence-corrected chi connectivity index (χ1v) is 7.60. The first kappa shape index (κ1) is 13.4. The number of anilines is 1. The van der Waals surface area contributed by atoms with Gasteiger partial charge in [-0.25, -0.2) is 0 Å². The first-order valence-electron chi connectivity index (χ1n) is 6.72. The van der Waals surface area contributed by atoms with Crippen LogP contribution in [-0.4, -0.2) is 42.8 Å². The molecule has 3 rings (SSSR count). The summed E-state index contributed by atoms with van der Waals surface area (Å²) in [4.78, 5) is 25.6. The van der Waals surface area contributed by atoms with E-state index < -0.39 is 5.25 Å². The number of nitrogens with two attached hydrogens (primary N) is 1. The Labute approximate surface area is 120 Å². The van der Waals surface area contributed by atoms with Crippen LogP contribution in [0, 0.1) is 0 Å². The Hall–Kier alpha value is -1.57. The van der Waals surface area contributed by atoms with Gasteiger partial charge < -0.3 is 5.73 Å². The molecule has 2 aliphatic rings. The minimum Gasteiger partial charge on any atom is -0.368 e. The van der Waals surface area contributed by atoms with Crippen LogP contribution in [0.4, 0.5) is 5.95 Å². The fourth-order valence-electron chi connectivity index (χ4n) is 2.41. The maximum Gasteiger partial charge on any atom is 0.243 e. The van der Waals surface area contributed by atoms with Gasteiger partial charge >= 0.3 is 0 Å². The van der Waals surface area contributed by atoms with Crippen LogP contribution >= 0.6 is 11.8 Å². The second-order valence-electron chi connectivity index (χ2n) is 5.45. The van der Waals surface area contributed by atoms with Crippen molar-refractivity contribution in [2.24, 2.45) is 0 Å². The number of amides is 2. The summed E-state index contributed by atoms with van der Waals surface area (Å²) in [5, 5.41) is 8.06. The summed E-state index contributed by atoms with van der Waals surface area (Å²) in [6.45, 7) is 3.95. The molecule has 1 saturated heterocycles.